The van der Waals surface area contributed by atoms with Gasteiger partial charge in [0.05, 0.1) is 23.6 Å². The summed E-state index contributed by atoms with van der Waals surface area (Å²) in [6.45, 7) is 2.62. The quantitative estimate of drug-likeness (QED) is 0.939. The van der Waals surface area contributed by atoms with Crippen LogP contribution in [0.3, 0.4) is 0 Å². The molecule has 1 aromatic heterocycles. The molecule has 0 saturated heterocycles. The monoisotopic (exact) mass is 327 g/mol. The van der Waals surface area contributed by atoms with Crippen LogP contribution in [0.15, 0.2) is 36.7 Å². The lowest BCUT2D eigenvalue weighted by atomic mass is 9.86. The number of benzene rings is 1. The van der Waals surface area contributed by atoms with Gasteiger partial charge < -0.3 is 10.0 Å². The largest absolute Gasteiger partial charge is 0.393 e. The average molecular weight is 327 g/mol. The Bertz CT molecular complexity index is 710. The highest BCUT2D eigenvalue weighted by Crippen LogP contribution is 2.25. The zero-order chi connectivity index (χ0) is 17.1. The van der Waals surface area contributed by atoms with Crippen LogP contribution in [0.4, 0.5) is 0 Å². The van der Waals surface area contributed by atoms with E-state index in [9.17, 15) is 9.90 Å². The summed E-state index contributed by atoms with van der Waals surface area (Å²) in [4.78, 5) is 14.4. The van der Waals surface area contributed by atoms with Crippen molar-refractivity contribution in [1.29, 1.82) is 0 Å². The van der Waals surface area contributed by atoms with Crippen molar-refractivity contribution < 1.29 is 9.90 Å². The van der Waals surface area contributed by atoms with E-state index >= 15 is 0 Å². The molecule has 2 unspecified atom stereocenters. The van der Waals surface area contributed by atoms with E-state index in [1.54, 1.807) is 29.0 Å². The first-order valence-electron chi connectivity index (χ1n) is 8.60. The second kappa shape index (κ2) is 7.18. The number of carbonyl (C=O) groups is 1. The topological polar surface area (TPSA) is 58.4 Å². The molecule has 2 atom stereocenters. The number of aliphatic hydroxyl groups excluding tert-OH is 1. The Balaban J connectivity index is 1.70. The maximum atomic E-state index is 12.6. The maximum absolute atomic E-state index is 12.6. The number of hydrogen-bond acceptors (Lipinski definition) is 3. The number of rotatable bonds is 4. The van der Waals surface area contributed by atoms with Gasteiger partial charge >= 0.3 is 0 Å². The Kier molecular flexibility index (Phi) is 5.00. The number of amides is 1. The van der Waals surface area contributed by atoms with E-state index in [2.05, 4.69) is 5.10 Å². The van der Waals surface area contributed by atoms with E-state index in [4.69, 9.17) is 0 Å². The van der Waals surface area contributed by atoms with Gasteiger partial charge in [-0.3, -0.25) is 4.79 Å². The number of carbonyl (C=O) groups excluding carboxylic acids is 1. The van der Waals surface area contributed by atoms with Gasteiger partial charge in [-0.05, 0) is 31.4 Å². The van der Waals surface area contributed by atoms with Crippen molar-refractivity contribution in [1.82, 2.24) is 14.7 Å². The second-order valence-electron chi connectivity index (χ2n) is 6.76. The maximum Gasteiger partial charge on any atom is 0.256 e. The minimum atomic E-state index is -0.288. The summed E-state index contributed by atoms with van der Waals surface area (Å²) in [6, 6.07) is 7.95. The first-order valence-corrected chi connectivity index (χ1v) is 8.60. The van der Waals surface area contributed by atoms with Crippen LogP contribution < -0.4 is 0 Å². The lowest BCUT2D eigenvalue weighted by Gasteiger charge is -2.31. The van der Waals surface area contributed by atoms with Gasteiger partial charge in [0.1, 0.15) is 0 Å². The highest BCUT2D eigenvalue weighted by Gasteiger charge is 2.26. The molecule has 1 fully saturated rings. The molecule has 0 spiro atoms. The van der Waals surface area contributed by atoms with Crippen LogP contribution in [0.2, 0.25) is 0 Å². The van der Waals surface area contributed by atoms with Gasteiger partial charge in [-0.2, -0.15) is 5.10 Å². The number of aryl methyl sites for hydroxylation is 1. The molecule has 128 valence electrons. The molecule has 0 aliphatic heterocycles. The summed E-state index contributed by atoms with van der Waals surface area (Å²) in [6.07, 6.45) is 7.15. The fraction of sp³-hybridized carbons (Fsp3) is 0.474. The van der Waals surface area contributed by atoms with Crippen molar-refractivity contribution in [2.75, 3.05) is 13.6 Å². The molecule has 0 bridgehead atoms. The molecule has 3 rings (SSSR count). The van der Waals surface area contributed by atoms with Gasteiger partial charge in [0.25, 0.3) is 5.91 Å². The molecule has 1 aliphatic rings. The Hall–Kier alpha value is -2.14. The van der Waals surface area contributed by atoms with Crippen LogP contribution in [0.25, 0.3) is 5.69 Å². The third kappa shape index (κ3) is 3.51. The molecule has 1 N–H and O–H groups in total. The normalized spacial score (nSPS) is 20.8. The lowest BCUT2D eigenvalue weighted by Crippen LogP contribution is -2.38. The minimum Gasteiger partial charge on any atom is -0.393 e. The minimum absolute atomic E-state index is 0.0485. The Labute approximate surface area is 142 Å². The fourth-order valence-corrected chi connectivity index (χ4v) is 3.44. The van der Waals surface area contributed by atoms with Gasteiger partial charge in [0, 0.05) is 25.7 Å². The van der Waals surface area contributed by atoms with Gasteiger partial charge in [0.2, 0.25) is 0 Å². The molecule has 1 saturated carbocycles. The van der Waals surface area contributed by atoms with Crippen LogP contribution in [0, 0.1) is 12.8 Å². The smallest absolute Gasteiger partial charge is 0.256 e. The second-order valence-corrected chi connectivity index (χ2v) is 6.76. The Morgan fingerprint density at radius 3 is 2.83 bits per heavy atom. The third-order valence-corrected chi connectivity index (χ3v) is 4.92. The lowest BCUT2D eigenvalue weighted by molar-refractivity contribution is 0.0451. The number of nitrogens with zero attached hydrogens (tertiary/aromatic N) is 3. The van der Waals surface area contributed by atoms with E-state index in [1.165, 1.54) is 0 Å². The summed E-state index contributed by atoms with van der Waals surface area (Å²) >= 11 is 0. The molecule has 1 aliphatic carbocycles. The number of hydrogen-bond donors (Lipinski definition) is 1. The van der Waals surface area contributed by atoms with E-state index < -0.39 is 0 Å². The van der Waals surface area contributed by atoms with Crippen LogP contribution in [0.5, 0.6) is 0 Å². The van der Waals surface area contributed by atoms with E-state index in [0.717, 1.165) is 36.9 Å². The highest BCUT2D eigenvalue weighted by atomic mass is 16.3. The summed E-state index contributed by atoms with van der Waals surface area (Å²) < 4.78 is 1.74. The molecule has 1 aromatic carbocycles. The van der Waals surface area contributed by atoms with E-state index in [0.29, 0.717) is 12.1 Å². The Morgan fingerprint density at radius 1 is 1.33 bits per heavy atom. The van der Waals surface area contributed by atoms with Gasteiger partial charge in [-0.25, -0.2) is 4.68 Å². The molecule has 1 amide bonds. The zero-order valence-electron chi connectivity index (χ0n) is 14.4. The number of aromatic nitrogens is 2. The third-order valence-electron chi connectivity index (χ3n) is 4.92. The van der Waals surface area contributed by atoms with Crippen molar-refractivity contribution in [2.24, 2.45) is 5.92 Å². The van der Waals surface area contributed by atoms with Crippen LogP contribution in [-0.4, -0.2) is 45.4 Å². The van der Waals surface area contributed by atoms with Crippen LogP contribution in [0.1, 0.15) is 41.6 Å². The van der Waals surface area contributed by atoms with Gasteiger partial charge in [-0.15, -0.1) is 0 Å². The van der Waals surface area contributed by atoms with Crippen molar-refractivity contribution in [3.63, 3.8) is 0 Å². The summed E-state index contributed by atoms with van der Waals surface area (Å²) in [5.74, 6) is 0.131. The zero-order valence-corrected chi connectivity index (χ0v) is 14.4. The summed E-state index contributed by atoms with van der Waals surface area (Å²) in [5.41, 5.74) is 2.66. The Morgan fingerprint density at radius 2 is 2.08 bits per heavy atom. The molecule has 5 nitrogen and oxygen atoms in total. The molecule has 2 aromatic rings. The van der Waals surface area contributed by atoms with E-state index in [-0.39, 0.29) is 17.9 Å². The van der Waals surface area contributed by atoms with Gasteiger partial charge in [-0.1, -0.05) is 31.0 Å². The van der Waals surface area contributed by atoms with Crippen molar-refractivity contribution >= 4 is 5.91 Å². The van der Waals surface area contributed by atoms with Crippen LogP contribution in [-0.2, 0) is 0 Å². The first-order chi connectivity index (χ1) is 11.6. The predicted molar refractivity (Wildman–Crippen MR) is 93.2 cm³/mol. The standard InChI is InChI=1S/C19H25N3O2/c1-14-7-3-5-9-17(14)22-13-16(11-20-22)19(24)21(2)12-15-8-4-6-10-18(15)23/h3,5,7,9,11,13,15,18,23H,4,6,8,10,12H2,1-2H3. The molecular weight excluding hydrogens is 302 g/mol. The fourth-order valence-electron chi connectivity index (χ4n) is 3.44. The average Bonchev–Trinajstić information content (AvgIpc) is 3.06. The highest BCUT2D eigenvalue weighted by molar-refractivity contribution is 5.93. The van der Waals surface area contributed by atoms with Crippen LogP contribution >= 0.6 is 0 Å². The van der Waals surface area contributed by atoms with Crippen molar-refractivity contribution in [2.45, 2.75) is 38.7 Å². The summed E-state index contributed by atoms with van der Waals surface area (Å²) in [5, 5.41) is 14.4. The number of para-hydroxylation sites is 1. The molecule has 1 heterocycles. The summed E-state index contributed by atoms with van der Waals surface area (Å²) in [7, 11) is 1.80. The SMILES string of the molecule is Cc1ccccc1-n1cc(C(=O)N(C)CC2CCCCC2O)cn1. The molecule has 0 radical (unpaired) electrons. The van der Waals surface area contributed by atoms with Gasteiger partial charge in [0.15, 0.2) is 0 Å². The number of aliphatic hydroxyl groups is 1. The van der Waals surface area contributed by atoms with E-state index in [1.807, 2.05) is 31.2 Å². The van der Waals surface area contributed by atoms with Crippen molar-refractivity contribution in [3.8, 4) is 5.69 Å². The first kappa shape index (κ1) is 16.7. The molecular formula is C19H25N3O2. The predicted octanol–water partition coefficient (Wildman–Crippen LogP) is 2.80. The van der Waals surface area contributed by atoms with Crippen molar-refractivity contribution in [3.05, 3.63) is 47.8 Å². The molecule has 5 heteroatoms. The molecule has 24 heavy (non-hydrogen) atoms.